The van der Waals surface area contributed by atoms with Crippen molar-refractivity contribution in [3.63, 3.8) is 0 Å². The minimum Gasteiger partial charge on any atom is -0.322 e. The number of carbonyl (C=O) groups excluding carboxylic acids is 1. The number of thioether (sulfide) groups is 1. The Morgan fingerprint density at radius 3 is 2.50 bits per heavy atom. The van der Waals surface area contributed by atoms with Gasteiger partial charge in [-0.2, -0.15) is 0 Å². The van der Waals surface area contributed by atoms with Crippen LogP contribution in [0.3, 0.4) is 0 Å². The maximum absolute atomic E-state index is 12.4. The molecule has 0 radical (unpaired) electrons. The molecule has 0 aliphatic carbocycles. The summed E-state index contributed by atoms with van der Waals surface area (Å²) in [6.45, 7) is 8.14. The van der Waals surface area contributed by atoms with Crippen LogP contribution in [-0.2, 0) is 11.3 Å². The first-order valence-corrected chi connectivity index (χ1v) is 10.5. The standard InChI is InChI=1S/C21H27N3OS/c1-17-6-5-7-18(14-17)15-23-10-12-24(13-11-23)16-21(25)22-19-8-3-4-9-20(19)26-2/h3-9,14H,10-13,15-16H2,1-2H3,(H,22,25)/p+2. The van der Waals surface area contributed by atoms with Gasteiger partial charge in [-0.15, -0.1) is 11.8 Å². The number of hydrogen-bond acceptors (Lipinski definition) is 2. The molecule has 0 unspecified atom stereocenters. The average molecular weight is 372 g/mol. The number of amides is 1. The SMILES string of the molecule is CSc1ccccc1NC(=O)C[NH+]1CC[NH+](Cc2cccc(C)c2)CC1. The van der Waals surface area contributed by atoms with E-state index in [1.165, 1.54) is 16.0 Å². The highest BCUT2D eigenvalue weighted by Gasteiger charge is 2.25. The first kappa shape index (κ1) is 19.0. The molecule has 26 heavy (non-hydrogen) atoms. The lowest BCUT2D eigenvalue weighted by Crippen LogP contribution is -3.28. The summed E-state index contributed by atoms with van der Waals surface area (Å²) >= 11 is 1.66. The zero-order valence-corrected chi connectivity index (χ0v) is 16.5. The lowest BCUT2D eigenvalue weighted by molar-refractivity contribution is -1.02. The minimum absolute atomic E-state index is 0.114. The molecule has 5 heteroatoms. The van der Waals surface area contributed by atoms with Crippen LogP contribution in [0.4, 0.5) is 5.69 Å². The second-order valence-corrected chi connectivity index (χ2v) is 7.94. The van der Waals surface area contributed by atoms with Crippen LogP contribution in [0, 0.1) is 6.92 Å². The average Bonchev–Trinajstić information content (AvgIpc) is 2.64. The van der Waals surface area contributed by atoms with Gasteiger partial charge in [0.05, 0.1) is 5.69 Å². The maximum atomic E-state index is 12.4. The van der Waals surface area contributed by atoms with E-state index in [4.69, 9.17) is 0 Å². The number of piperazine rings is 1. The molecule has 3 N–H and O–H groups in total. The molecule has 138 valence electrons. The zero-order chi connectivity index (χ0) is 18.4. The molecule has 2 aromatic carbocycles. The molecule has 1 aliphatic heterocycles. The topological polar surface area (TPSA) is 38.0 Å². The summed E-state index contributed by atoms with van der Waals surface area (Å²) in [5.41, 5.74) is 3.66. The molecule has 4 nitrogen and oxygen atoms in total. The lowest BCUT2D eigenvalue weighted by Gasteiger charge is -2.29. The van der Waals surface area contributed by atoms with Crippen LogP contribution in [0.1, 0.15) is 11.1 Å². The zero-order valence-electron chi connectivity index (χ0n) is 15.7. The van der Waals surface area contributed by atoms with Crippen molar-refractivity contribution < 1.29 is 14.6 Å². The van der Waals surface area contributed by atoms with E-state index in [1.807, 2.05) is 30.5 Å². The highest BCUT2D eigenvalue weighted by Crippen LogP contribution is 2.24. The number of hydrogen-bond donors (Lipinski definition) is 3. The van der Waals surface area contributed by atoms with E-state index in [2.05, 4.69) is 36.5 Å². The number of benzene rings is 2. The van der Waals surface area contributed by atoms with Crippen LogP contribution in [-0.4, -0.2) is 44.9 Å². The predicted molar refractivity (Wildman–Crippen MR) is 108 cm³/mol. The summed E-state index contributed by atoms with van der Waals surface area (Å²) in [4.78, 5) is 16.5. The van der Waals surface area contributed by atoms with Gasteiger partial charge >= 0.3 is 0 Å². The first-order chi connectivity index (χ1) is 12.6. The van der Waals surface area contributed by atoms with E-state index >= 15 is 0 Å². The monoisotopic (exact) mass is 371 g/mol. The predicted octanol–water partition coefficient (Wildman–Crippen LogP) is 0.639. The number of anilines is 1. The molecule has 1 fully saturated rings. The maximum Gasteiger partial charge on any atom is 0.279 e. The van der Waals surface area contributed by atoms with E-state index in [0.29, 0.717) is 6.54 Å². The van der Waals surface area contributed by atoms with Crippen LogP contribution in [0.2, 0.25) is 0 Å². The number of carbonyl (C=O) groups is 1. The Balaban J connectivity index is 1.45. The molecule has 1 heterocycles. The van der Waals surface area contributed by atoms with Gasteiger partial charge in [-0.05, 0) is 25.3 Å². The molecule has 0 aromatic heterocycles. The smallest absolute Gasteiger partial charge is 0.279 e. The van der Waals surface area contributed by atoms with Gasteiger partial charge in [-0.1, -0.05) is 42.0 Å². The molecule has 1 saturated heterocycles. The van der Waals surface area contributed by atoms with Gasteiger partial charge in [-0.25, -0.2) is 0 Å². The fraction of sp³-hybridized carbons (Fsp3) is 0.381. The Bertz CT molecular complexity index is 742. The summed E-state index contributed by atoms with van der Waals surface area (Å²) in [6, 6.07) is 16.8. The second-order valence-electron chi connectivity index (χ2n) is 7.09. The van der Waals surface area contributed by atoms with Crippen molar-refractivity contribution in [3.05, 3.63) is 59.7 Å². The highest BCUT2D eigenvalue weighted by molar-refractivity contribution is 7.98. The highest BCUT2D eigenvalue weighted by atomic mass is 32.2. The molecule has 0 atom stereocenters. The van der Waals surface area contributed by atoms with E-state index < -0.39 is 0 Å². The number of para-hydroxylation sites is 1. The molecule has 1 aliphatic rings. The van der Waals surface area contributed by atoms with Crippen molar-refractivity contribution in [3.8, 4) is 0 Å². The van der Waals surface area contributed by atoms with Crippen LogP contribution >= 0.6 is 11.8 Å². The Labute approximate surface area is 160 Å². The quantitative estimate of drug-likeness (QED) is 0.652. The van der Waals surface area contributed by atoms with Gasteiger partial charge in [0.1, 0.15) is 32.7 Å². The van der Waals surface area contributed by atoms with Crippen LogP contribution in [0.5, 0.6) is 0 Å². The van der Waals surface area contributed by atoms with Gasteiger partial charge in [-0.3, -0.25) is 4.79 Å². The Hall–Kier alpha value is -1.82. The van der Waals surface area contributed by atoms with Crippen molar-refractivity contribution in [1.82, 2.24) is 0 Å². The third kappa shape index (κ3) is 5.34. The molecule has 3 rings (SSSR count). The van der Waals surface area contributed by atoms with Crippen LogP contribution < -0.4 is 15.1 Å². The summed E-state index contributed by atoms with van der Waals surface area (Å²) in [7, 11) is 0. The van der Waals surface area contributed by atoms with Gasteiger partial charge in [0.2, 0.25) is 0 Å². The van der Waals surface area contributed by atoms with Crippen LogP contribution in [0.25, 0.3) is 0 Å². The summed E-state index contributed by atoms with van der Waals surface area (Å²) in [6.07, 6.45) is 2.03. The fourth-order valence-corrected chi connectivity index (χ4v) is 4.14. The lowest BCUT2D eigenvalue weighted by atomic mass is 10.1. The second kappa shape index (κ2) is 9.21. The van der Waals surface area contributed by atoms with E-state index in [9.17, 15) is 4.79 Å². The van der Waals surface area contributed by atoms with E-state index in [-0.39, 0.29) is 5.91 Å². The third-order valence-electron chi connectivity index (χ3n) is 4.99. The van der Waals surface area contributed by atoms with Crippen molar-refractivity contribution >= 4 is 23.4 Å². The molecule has 2 aromatic rings. The number of quaternary nitrogens is 2. The summed E-state index contributed by atoms with van der Waals surface area (Å²) in [5, 5.41) is 3.08. The third-order valence-corrected chi connectivity index (χ3v) is 5.79. The molecule has 0 spiro atoms. The van der Waals surface area contributed by atoms with Crippen molar-refractivity contribution in [2.45, 2.75) is 18.4 Å². The minimum atomic E-state index is 0.114. The first-order valence-electron chi connectivity index (χ1n) is 9.29. The number of rotatable bonds is 6. The van der Waals surface area contributed by atoms with E-state index in [1.54, 1.807) is 16.7 Å². The Kier molecular flexibility index (Phi) is 6.72. The molecule has 0 saturated carbocycles. The van der Waals surface area contributed by atoms with E-state index in [0.717, 1.165) is 43.3 Å². The summed E-state index contributed by atoms with van der Waals surface area (Å²) in [5.74, 6) is 0.114. The van der Waals surface area contributed by atoms with Gasteiger partial charge in [0.25, 0.3) is 5.91 Å². The number of nitrogens with one attached hydrogen (secondary N) is 3. The van der Waals surface area contributed by atoms with Crippen LogP contribution in [0.15, 0.2) is 53.4 Å². The van der Waals surface area contributed by atoms with Crippen molar-refractivity contribution in [2.75, 3.05) is 44.3 Å². The molecule has 0 bridgehead atoms. The normalized spacial score (nSPS) is 19.9. The van der Waals surface area contributed by atoms with Gasteiger partial charge in [0.15, 0.2) is 6.54 Å². The number of aryl methyl sites for hydroxylation is 1. The summed E-state index contributed by atoms with van der Waals surface area (Å²) < 4.78 is 0. The molecule has 1 amide bonds. The Morgan fingerprint density at radius 1 is 1.04 bits per heavy atom. The van der Waals surface area contributed by atoms with Crippen molar-refractivity contribution in [1.29, 1.82) is 0 Å². The van der Waals surface area contributed by atoms with Gasteiger partial charge < -0.3 is 15.1 Å². The molecular formula is C21H29N3OS+2. The fourth-order valence-electron chi connectivity index (χ4n) is 3.59. The van der Waals surface area contributed by atoms with Gasteiger partial charge in [0, 0.05) is 10.5 Å². The Morgan fingerprint density at radius 2 is 1.77 bits per heavy atom. The van der Waals surface area contributed by atoms with Crippen molar-refractivity contribution in [2.24, 2.45) is 0 Å². The largest absolute Gasteiger partial charge is 0.322 e. The molecular weight excluding hydrogens is 342 g/mol.